The normalized spacial score (nSPS) is 10.4. The Morgan fingerprint density at radius 1 is 1.29 bits per heavy atom. The van der Waals surface area contributed by atoms with Gasteiger partial charge in [0, 0.05) is 6.20 Å². The third-order valence-corrected chi connectivity index (χ3v) is 2.22. The lowest BCUT2D eigenvalue weighted by molar-refractivity contribution is -0.421. The largest absolute Gasteiger partial charge is 0.387 e. The van der Waals surface area contributed by atoms with Crippen molar-refractivity contribution < 1.29 is 9.85 Å². The van der Waals surface area contributed by atoms with Crippen LogP contribution in [0.1, 0.15) is 0 Å². The van der Waals surface area contributed by atoms with Gasteiger partial charge in [-0.3, -0.25) is 24.8 Å². The highest BCUT2D eigenvalue weighted by Gasteiger charge is 2.33. The average Bonchev–Trinajstić information content (AvgIpc) is 2.83. The molecule has 0 radical (unpaired) electrons. The topological polar surface area (TPSA) is 133 Å². The summed E-state index contributed by atoms with van der Waals surface area (Å²) in [6.07, 6.45) is 2.59. The number of aromatic amines is 1. The highest BCUT2D eigenvalue weighted by molar-refractivity contribution is 5.69. The van der Waals surface area contributed by atoms with Gasteiger partial charge in [0.05, 0.1) is 16.0 Å². The summed E-state index contributed by atoms with van der Waals surface area (Å²) in [4.78, 5) is 22.5. The van der Waals surface area contributed by atoms with Crippen molar-refractivity contribution in [2.75, 3.05) is 5.73 Å². The predicted molar refractivity (Wildman–Crippen MR) is 57.8 cm³/mol. The molecular formula is C8H7N5O4. The lowest BCUT2D eigenvalue weighted by Gasteiger charge is -1.99. The molecule has 0 aliphatic heterocycles. The number of aromatic nitrogens is 2. The second kappa shape index (κ2) is 3.63. The molecule has 2 aromatic heterocycles. The smallest absolute Gasteiger partial charge is 0.379 e. The lowest BCUT2D eigenvalue weighted by Crippen LogP contribution is -2.01. The van der Waals surface area contributed by atoms with E-state index in [1.54, 1.807) is 18.3 Å². The summed E-state index contributed by atoms with van der Waals surface area (Å²) >= 11 is 0. The molecule has 0 unspecified atom stereocenters. The van der Waals surface area contributed by atoms with Crippen molar-refractivity contribution >= 4 is 17.2 Å². The third-order valence-electron chi connectivity index (χ3n) is 2.22. The first kappa shape index (κ1) is 10.7. The maximum atomic E-state index is 10.7. The second-order valence-corrected chi connectivity index (χ2v) is 3.19. The minimum atomic E-state index is -0.868. The van der Waals surface area contributed by atoms with E-state index in [0.717, 1.165) is 10.8 Å². The number of nitrogens with one attached hydrogen (secondary N) is 1. The zero-order valence-electron chi connectivity index (χ0n) is 8.36. The molecule has 0 saturated carbocycles. The number of nitrogens with two attached hydrogens (primary N) is 1. The second-order valence-electron chi connectivity index (χ2n) is 3.19. The Bertz CT molecular complexity index is 585. The van der Waals surface area contributed by atoms with Crippen molar-refractivity contribution in [1.82, 2.24) is 9.55 Å². The summed E-state index contributed by atoms with van der Waals surface area (Å²) in [5.41, 5.74) is 4.19. The molecular weight excluding hydrogens is 230 g/mol. The summed E-state index contributed by atoms with van der Waals surface area (Å²) in [5, 5.41) is 21.4. The fraction of sp³-hybridized carbons (Fsp3) is 0. The van der Waals surface area contributed by atoms with Crippen molar-refractivity contribution in [1.29, 1.82) is 0 Å². The molecule has 2 aromatic rings. The van der Waals surface area contributed by atoms with Gasteiger partial charge in [-0.1, -0.05) is 0 Å². The maximum absolute atomic E-state index is 10.7. The number of nitro groups is 2. The van der Waals surface area contributed by atoms with Gasteiger partial charge in [-0.25, -0.2) is 0 Å². The predicted octanol–water partition coefficient (Wildman–Crippen LogP) is 1.20. The highest BCUT2D eigenvalue weighted by Crippen LogP contribution is 2.36. The van der Waals surface area contributed by atoms with Gasteiger partial charge >= 0.3 is 11.4 Å². The van der Waals surface area contributed by atoms with Gasteiger partial charge in [0.2, 0.25) is 0 Å². The molecule has 17 heavy (non-hydrogen) atoms. The highest BCUT2D eigenvalue weighted by atomic mass is 16.6. The van der Waals surface area contributed by atoms with Gasteiger partial charge in [0.25, 0.3) is 0 Å². The van der Waals surface area contributed by atoms with E-state index in [2.05, 4.69) is 4.98 Å². The average molecular weight is 237 g/mol. The molecule has 0 aliphatic rings. The van der Waals surface area contributed by atoms with E-state index in [9.17, 15) is 20.2 Å². The van der Waals surface area contributed by atoms with Crippen LogP contribution >= 0.6 is 0 Å². The van der Waals surface area contributed by atoms with Crippen LogP contribution in [0.4, 0.5) is 17.2 Å². The summed E-state index contributed by atoms with van der Waals surface area (Å²) in [7, 11) is 0. The van der Waals surface area contributed by atoms with Crippen LogP contribution in [0.25, 0.3) is 5.82 Å². The van der Waals surface area contributed by atoms with E-state index in [4.69, 9.17) is 5.73 Å². The summed E-state index contributed by atoms with van der Waals surface area (Å²) in [6.45, 7) is 0. The van der Waals surface area contributed by atoms with Gasteiger partial charge in [0.1, 0.15) is 5.82 Å². The Morgan fingerprint density at radius 3 is 2.41 bits per heavy atom. The molecule has 9 nitrogen and oxygen atoms in total. The molecule has 0 atom stereocenters. The van der Waals surface area contributed by atoms with Gasteiger partial charge in [-0.15, -0.1) is 0 Å². The summed E-state index contributed by atoms with van der Waals surface area (Å²) in [6, 6.07) is 3.23. The maximum Gasteiger partial charge on any atom is 0.387 e. The molecule has 0 bridgehead atoms. The van der Waals surface area contributed by atoms with Gasteiger partial charge in [-0.2, -0.15) is 0 Å². The molecule has 9 heteroatoms. The monoisotopic (exact) mass is 237 g/mol. The zero-order valence-corrected chi connectivity index (χ0v) is 8.36. The fourth-order valence-corrected chi connectivity index (χ4v) is 1.49. The summed E-state index contributed by atoms with van der Waals surface area (Å²) < 4.78 is 1.16. The molecule has 0 aliphatic carbocycles. The van der Waals surface area contributed by atoms with Crippen LogP contribution in [-0.4, -0.2) is 19.4 Å². The van der Waals surface area contributed by atoms with Crippen LogP contribution in [0, 0.1) is 20.2 Å². The van der Waals surface area contributed by atoms with Gasteiger partial charge in [-0.05, 0) is 12.1 Å². The van der Waals surface area contributed by atoms with Gasteiger partial charge in [0.15, 0.2) is 5.82 Å². The first-order chi connectivity index (χ1) is 8.02. The van der Waals surface area contributed by atoms with E-state index in [1.165, 1.54) is 0 Å². The van der Waals surface area contributed by atoms with E-state index >= 15 is 0 Å². The molecule has 88 valence electrons. The Hall–Kier alpha value is -2.84. The van der Waals surface area contributed by atoms with Gasteiger partial charge < -0.3 is 10.7 Å². The molecule has 2 rings (SSSR count). The lowest BCUT2D eigenvalue weighted by atomic mass is 10.4. The van der Waals surface area contributed by atoms with Crippen molar-refractivity contribution in [2.45, 2.75) is 0 Å². The van der Waals surface area contributed by atoms with Crippen LogP contribution < -0.4 is 5.73 Å². The Morgan fingerprint density at radius 2 is 2.00 bits per heavy atom. The number of hydrogen-bond acceptors (Lipinski definition) is 5. The minimum absolute atomic E-state index is 0.288. The first-order valence-corrected chi connectivity index (χ1v) is 4.45. The number of H-pyrrole nitrogens is 1. The van der Waals surface area contributed by atoms with Crippen LogP contribution in [0.3, 0.4) is 0 Å². The van der Waals surface area contributed by atoms with Crippen LogP contribution in [0.2, 0.25) is 0 Å². The molecule has 0 aromatic carbocycles. The van der Waals surface area contributed by atoms with Crippen LogP contribution in [-0.2, 0) is 0 Å². The first-order valence-electron chi connectivity index (χ1n) is 4.45. The Kier molecular flexibility index (Phi) is 2.28. The van der Waals surface area contributed by atoms with Crippen LogP contribution in [0.5, 0.6) is 0 Å². The van der Waals surface area contributed by atoms with E-state index in [1.807, 2.05) is 0 Å². The molecule has 0 spiro atoms. The third kappa shape index (κ3) is 1.58. The van der Waals surface area contributed by atoms with Crippen molar-refractivity contribution in [3.8, 4) is 5.82 Å². The Balaban J connectivity index is 2.68. The number of nitrogens with zero attached hydrogens (tertiary/aromatic N) is 3. The SMILES string of the molecule is Nc1c([N+](=O)[O-])c([N+](=O)[O-])cn1-c1ccc[nH]1. The molecule has 0 saturated heterocycles. The van der Waals surface area contributed by atoms with Crippen molar-refractivity contribution in [3.05, 3.63) is 44.8 Å². The molecule has 0 fully saturated rings. The minimum Gasteiger partial charge on any atom is -0.379 e. The number of nitrogen functional groups attached to an aromatic ring is 1. The van der Waals surface area contributed by atoms with Crippen molar-refractivity contribution in [3.63, 3.8) is 0 Å². The summed E-state index contributed by atoms with van der Waals surface area (Å²) in [5.74, 6) is 0.128. The standard InChI is InChI=1S/C8H7N5O4/c9-8-7(13(16)17)5(12(14)15)4-11(8)6-2-1-3-10-6/h1-4,10H,9H2. The van der Waals surface area contributed by atoms with Crippen LogP contribution in [0.15, 0.2) is 24.5 Å². The quantitative estimate of drug-likeness (QED) is 0.611. The van der Waals surface area contributed by atoms with E-state index in [-0.39, 0.29) is 5.82 Å². The van der Waals surface area contributed by atoms with Crippen molar-refractivity contribution in [2.24, 2.45) is 0 Å². The molecule has 2 heterocycles. The van der Waals surface area contributed by atoms with E-state index in [0.29, 0.717) is 5.82 Å². The zero-order chi connectivity index (χ0) is 12.6. The number of anilines is 1. The van der Waals surface area contributed by atoms with E-state index < -0.39 is 21.2 Å². The number of hydrogen-bond donors (Lipinski definition) is 2. The molecule has 0 amide bonds. The molecule has 3 N–H and O–H groups in total. The Labute approximate surface area is 93.8 Å². The number of rotatable bonds is 3. The fourth-order valence-electron chi connectivity index (χ4n) is 1.49.